The zero-order valence-corrected chi connectivity index (χ0v) is 19.2. The zero-order chi connectivity index (χ0) is 20.9. The molecular formula is C22H36N6OS. The van der Waals surface area contributed by atoms with Gasteiger partial charge >= 0.3 is 0 Å². The van der Waals surface area contributed by atoms with Gasteiger partial charge in [-0.15, -0.1) is 0 Å². The Morgan fingerprint density at radius 1 is 1.00 bits per heavy atom. The lowest BCUT2D eigenvalue weighted by Crippen LogP contribution is -2.41. The molecule has 166 valence electrons. The Labute approximate surface area is 186 Å². The van der Waals surface area contributed by atoms with Crippen molar-refractivity contribution in [3.05, 3.63) is 6.07 Å². The molecule has 0 unspecified atom stereocenters. The van der Waals surface area contributed by atoms with Gasteiger partial charge in [-0.3, -0.25) is 0 Å². The van der Waals surface area contributed by atoms with Crippen molar-refractivity contribution >= 4 is 34.9 Å². The van der Waals surface area contributed by atoms with Crippen molar-refractivity contribution in [2.75, 3.05) is 54.5 Å². The molecule has 0 radical (unpaired) electrons. The van der Waals surface area contributed by atoms with E-state index in [9.17, 15) is 0 Å². The number of morpholine rings is 1. The Morgan fingerprint density at radius 3 is 2.30 bits per heavy atom. The summed E-state index contributed by atoms with van der Waals surface area (Å²) in [6.07, 6.45) is 7.53. The quantitative estimate of drug-likeness (QED) is 0.702. The van der Waals surface area contributed by atoms with Gasteiger partial charge in [0.1, 0.15) is 11.6 Å². The molecule has 0 amide bonds. The monoisotopic (exact) mass is 432 g/mol. The minimum Gasteiger partial charge on any atom is -0.378 e. The first-order valence-electron chi connectivity index (χ1n) is 11.6. The molecule has 2 atom stereocenters. The van der Waals surface area contributed by atoms with Crippen LogP contribution in [0.1, 0.15) is 52.4 Å². The zero-order valence-electron chi connectivity index (χ0n) is 18.4. The van der Waals surface area contributed by atoms with Crippen molar-refractivity contribution in [1.82, 2.24) is 15.3 Å². The van der Waals surface area contributed by atoms with Gasteiger partial charge in [0.2, 0.25) is 5.95 Å². The van der Waals surface area contributed by atoms with Crippen LogP contribution in [0.2, 0.25) is 0 Å². The second kappa shape index (κ2) is 10.1. The van der Waals surface area contributed by atoms with Crippen LogP contribution in [-0.4, -0.2) is 60.5 Å². The van der Waals surface area contributed by atoms with E-state index < -0.39 is 0 Å². The number of hydrogen-bond donors (Lipinski definition) is 2. The lowest BCUT2D eigenvalue weighted by atomic mass is 9.92. The fraction of sp³-hybridized carbons (Fsp3) is 0.773. The smallest absolute Gasteiger partial charge is 0.232 e. The lowest BCUT2D eigenvalue weighted by Gasteiger charge is -2.36. The van der Waals surface area contributed by atoms with Gasteiger partial charge < -0.3 is 25.2 Å². The van der Waals surface area contributed by atoms with Crippen LogP contribution in [0.15, 0.2) is 6.07 Å². The Kier molecular flexibility index (Phi) is 7.25. The largest absolute Gasteiger partial charge is 0.378 e. The molecule has 3 aliphatic rings. The molecule has 1 aliphatic carbocycles. The molecule has 1 aromatic heterocycles. The van der Waals surface area contributed by atoms with E-state index in [2.05, 4.69) is 40.3 Å². The molecule has 8 heteroatoms. The molecule has 2 N–H and O–H groups in total. The second-order valence-corrected chi connectivity index (χ2v) is 9.70. The van der Waals surface area contributed by atoms with E-state index in [0.717, 1.165) is 51.0 Å². The Balaban J connectivity index is 1.52. The van der Waals surface area contributed by atoms with Crippen LogP contribution in [0.4, 0.5) is 17.6 Å². The van der Waals surface area contributed by atoms with Crippen LogP contribution in [0, 0.1) is 11.8 Å². The summed E-state index contributed by atoms with van der Waals surface area (Å²) >= 11 is 5.60. The van der Waals surface area contributed by atoms with E-state index in [1.54, 1.807) is 0 Å². The van der Waals surface area contributed by atoms with Gasteiger partial charge in [0, 0.05) is 38.3 Å². The summed E-state index contributed by atoms with van der Waals surface area (Å²) in [4.78, 5) is 14.4. The summed E-state index contributed by atoms with van der Waals surface area (Å²) in [6.45, 7) is 9.91. The Bertz CT molecular complexity index is 710. The Morgan fingerprint density at radius 2 is 1.63 bits per heavy atom. The first-order valence-corrected chi connectivity index (χ1v) is 12.0. The van der Waals surface area contributed by atoms with Gasteiger partial charge in [0.25, 0.3) is 0 Å². The maximum atomic E-state index is 5.60. The highest BCUT2D eigenvalue weighted by Crippen LogP contribution is 2.28. The first kappa shape index (κ1) is 21.6. The van der Waals surface area contributed by atoms with E-state index in [1.165, 1.54) is 38.5 Å². The lowest BCUT2D eigenvalue weighted by molar-refractivity contribution is 0.122. The fourth-order valence-corrected chi connectivity index (χ4v) is 5.27. The maximum absolute atomic E-state index is 5.60. The van der Waals surface area contributed by atoms with Gasteiger partial charge in [-0.1, -0.05) is 33.1 Å². The third kappa shape index (κ3) is 5.72. The molecule has 4 rings (SSSR count). The standard InChI is InChI=1S/C22H36N6OS/c1-16-12-17(2)15-28(14-16)20-13-19(27-8-10-29-11-9-27)24-21(25-20)26-22(30)23-18-6-4-3-5-7-18/h13,16-18H,3-12,14-15H2,1-2H3,(H2,23,24,25,26,30)/t16-,17-/m0/s1. The molecule has 0 bridgehead atoms. The molecule has 2 aliphatic heterocycles. The number of thiocarbonyl (C=S) groups is 1. The van der Waals surface area contributed by atoms with Crippen molar-refractivity contribution in [2.45, 2.75) is 58.4 Å². The summed E-state index contributed by atoms with van der Waals surface area (Å²) in [6, 6.07) is 2.60. The predicted molar refractivity (Wildman–Crippen MR) is 126 cm³/mol. The normalized spacial score (nSPS) is 25.8. The van der Waals surface area contributed by atoms with Crippen molar-refractivity contribution in [3.63, 3.8) is 0 Å². The predicted octanol–water partition coefficient (Wildman–Crippen LogP) is 3.41. The number of nitrogens with zero attached hydrogens (tertiary/aromatic N) is 4. The van der Waals surface area contributed by atoms with Gasteiger partial charge in [-0.25, -0.2) is 0 Å². The van der Waals surface area contributed by atoms with Crippen molar-refractivity contribution in [3.8, 4) is 0 Å². The topological polar surface area (TPSA) is 65.6 Å². The number of nitrogens with one attached hydrogen (secondary N) is 2. The third-order valence-corrected chi connectivity index (χ3v) is 6.61. The molecule has 0 aromatic carbocycles. The number of ether oxygens (including phenoxy) is 1. The maximum Gasteiger partial charge on any atom is 0.232 e. The SMILES string of the molecule is C[C@H]1C[C@H](C)CN(c2cc(N3CCOCC3)nc(NC(=S)NC3CCCCC3)n2)C1. The molecule has 7 nitrogen and oxygen atoms in total. The average molecular weight is 433 g/mol. The van der Waals surface area contributed by atoms with E-state index in [4.69, 9.17) is 26.9 Å². The Hall–Kier alpha value is -1.67. The van der Waals surface area contributed by atoms with E-state index >= 15 is 0 Å². The molecular weight excluding hydrogens is 396 g/mol. The van der Waals surface area contributed by atoms with E-state index in [1.807, 2.05) is 0 Å². The summed E-state index contributed by atoms with van der Waals surface area (Å²) in [5, 5.41) is 7.39. The van der Waals surface area contributed by atoms with E-state index in [-0.39, 0.29) is 0 Å². The van der Waals surface area contributed by atoms with Crippen LogP contribution < -0.4 is 20.4 Å². The first-order chi connectivity index (χ1) is 14.6. The minimum atomic E-state index is 0.462. The minimum absolute atomic E-state index is 0.462. The fourth-order valence-electron chi connectivity index (χ4n) is 5.01. The number of piperidine rings is 1. The molecule has 30 heavy (non-hydrogen) atoms. The van der Waals surface area contributed by atoms with Crippen LogP contribution in [0.25, 0.3) is 0 Å². The number of hydrogen-bond acceptors (Lipinski definition) is 6. The molecule has 3 heterocycles. The highest BCUT2D eigenvalue weighted by molar-refractivity contribution is 7.80. The van der Waals surface area contributed by atoms with Crippen molar-refractivity contribution in [2.24, 2.45) is 11.8 Å². The summed E-state index contributed by atoms with van der Waals surface area (Å²) in [7, 11) is 0. The highest BCUT2D eigenvalue weighted by Gasteiger charge is 2.25. The van der Waals surface area contributed by atoms with Crippen molar-refractivity contribution < 1.29 is 4.74 Å². The van der Waals surface area contributed by atoms with E-state index in [0.29, 0.717) is 28.9 Å². The van der Waals surface area contributed by atoms with Crippen LogP contribution in [0.3, 0.4) is 0 Å². The second-order valence-electron chi connectivity index (χ2n) is 9.29. The summed E-state index contributed by atoms with van der Waals surface area (Å²) in [5.74, 6) is 3.88. The summed E-state index contributed by atoms with van der Waals surface area (Å²) in [5.41, 5.74) is 0. The number of aromatic nitrogens is 2. The molecule has 2 saturated heterocycles. The highest BCUT2D eigenvalue weighted by atomic mass is 32.1. The van der Waals surface area contributed by atoms with Crippen LogP contribution in [-0.2, 0) is 4.74 Å². The average Bonchev–Trinajstić information content (AvgIpc) is 2.74. The molecule has 1 aromatic rings. The molecule has 1 saturated carbocycles. The number of anilines is 3. The van der Waals surface area contributed by atoms with Gasteiger partial charge in [0.15, 0.2) is 5.11 Å². The van der Waals surface area contributed by atoms with Crippen LogP contribution >= 0.6 is 12.2 Å². The van der Waals surface area contributed by atoms with Gasteiger partial charge in [-0.05, 0) is 43.3 Å². The molecule has 3 fully saturated rings. The van der Waals surface area contributed by atoms with Crippen LogP contribution in [0.5, 0.6) is 0 Å². The third-order valence-electron chi connectivity index (χ3n) is 6.39. The van der Waals surface area contributed by atoms with Gasteiger partial charge in [-0.2, -0.15) is 9.97 Å². The summed E-state index contributed by atoms with van der Waals surface area (Å²) < 4.78 is 5.53. The van der Waals surface area contributed by atoms with Gasteiger partial charge in [0.05, 0.1) is 13.2 Å². The number of rotatable bonds is 4. The molecule has 0 spiro atoms. The van der Waals surface area contributed by atoms with Crippen molar-refractivity contribution in [1.29, 1.82) is 0 Å².